The topological polar surface area (TPSA) is 73.1 Å². The number of hydrogen-bond donors (Lipinski definition) is 0. The smallest absolute Gasteiger partial charge is 0.180 e. The highest BCUT2D eigenvalue weighted by atomic mass is 16.3. The maximum Gasteiger partial charge on any atom is 0.180 e. The van der Waals surface area contributed by atoms with Gasteiger partial charge in [0.15, 0.2) is 5.58 Å². The quantitative estimate of drug-likeness (QED) is 0.187. The van der Waals surface area contributed by atoms with Gasteiger partial charge in [-0.1, -0.05) is 60.7 Å². The Morgan fingerprint density at radius 1 is 0.540 bits per heavy atom. The first-order valence-electron chi connectivity index (χ1n) is 16.6. The maximum atomic E-state index is 6.75. The number of aromatic nitrogens is 4. The zero-order valence-corrected chi connectivity index (χ0v) is 26.3. The van der Waals surface area contributed by atoms with Crippen molar-refractivity contribution >= 4 is 93.6 Å². The molecule has 232 valence electrons. The van der Waals surface area contributed by atoms with E-state index in [1.165, 1.54) is 16.2 Å². The Balaban J connectivity index is 1.21. The average Bonchev–Trinajstić information content (AvgIpc) is 3.85. The fraction of sp³-hybridized carbons (Fsp3) is 0. The van der Waals surface area contributed by atoms with Gasteiger partial charge in [0.1, 0.15) is 28.0 Å². The minimum atomic E-state index is 0.742. The lowest BCUT2D eigenvalue weighted by atomic mass is 10.00. The van der Waals surface area contributed by atoms with Crippen LogP contribution in [-0.4, -0.2) is 19.5 Å². The van der Waals surface area contributed by atoms with E-state index >= 15 is 0 Å². The van der Waals surface area contributed by atoms with Crippen LogP contribution in [0.2, 0.25) is 0 Å². The minimum Gasteiger partial charge on any atom is -0.456 e. The molecule has 1 aliphatic heterocycles. The molecule has 0 saturated carbocycles. The van der Waals surface area contributed by atoms with Crippen molar-refractivity contribution in [3.63, 3.8) is 0 Å². The molecule has 0 amide bonds. The summed E-state index contributed by atoms with van der Waals surface area (Å²) < 4.78 is 15.8. The van der Waals surface area contributed by atoms with E-state index in [1.54, 1.807) is 18.6 Å². The van der Waals surface area contributed by atoms with Gasteiger partial charge in [-0.15, -0.1) is 0 Å². The average molecular weight is 642 g/mol. The van der Waals surface area contributed by atoms with Crippen LogP contribution in [0.15, 0.2) is 149 Å². The summed E-state index contributed by atoms with van der Waals surface area (Å²) in [6, 6.07) is 40.5. The molecular formula is C43H23N5O2. The van der Waals surface area contributed by atoms with Crippen LogP contribution < -0.4 is 4.90 Å². The van der Waals surface area contributed by atoms with Crippen molar-refractivity contribution in [2.45, 2.75) is 0 Å². The van der Waals surface area contributed by atoms with Crippen LogP contribution in [0.3, 0.4) is 0 Å². The lowest BCUT2D eigenvalue weighted by Gasteiger charge is -2.33. The standard InChI is InChI=1S/C43H23N5O2/c1-2-8-27-24(7-1)19-32-28-9-3-5-11-34(28)48-35-23-46-39-31-10-4-6-12-36(31)50-43(39)42(35)47(40(27)41(32)48)26-14-16-30-29-15-13-25(33-22-44-17-18-45-33)20-37(29)49-38(30)21-26/h1-23H. The lowest BCUT2D eigenvalue weighted by molar-refractivity contribution is 0.666. The highest BCUT2D eigenvalue weighted by molar-refractivity contribution is 6.26. The maximum absolute atomic E-state index is 6.75. The predicted molar refractivity (Wildman–Crippen MR) is 200 cm³/mol. The molecule has 6 aromatic carbocycles. The van der Waals surface area contributed by atoms with E-state index < -0.39 is 0 Å². The third kappa shape index (κ3) is 3.30. The van der Waals surface area contributed by atoms with Gasteiger partial charge in [0.05, 0.1) is 46.2 Å². The SMILES string of the molecule is c1ccc2c3c4c(cc2c1)c1ccccc1n4-c1cnc2c(oc4ccccc42)c1N3c1ccc2c(c1)oc1cc(-c3cnccn3)ccc12. The molecule has 0 saturated heterocycles. The van der Waals surface area contributed by atoms with E-state index in [0.29, 0.717) is 0 Å². The number of hydrogen-bond acceptors (Lipinski definition) is 6. The highest BCUT2D eigenvalue weighted by Gasteiger charge is 2.34. The van der Waals surface area contributed by atoms with Crippen molar-refractivity contribution in [2.75, 3.05) is 4.90 Å². The Hall–Kier alpha value is -6.99. The minimum absolute atomic E-state index is 0.742. The number of furan rings is 2. The number of benzene rings is 6. The molecule has 1 aliphatic rings. The molecule has 50 heavy (non-hydrogen) atoms. The zero-order chi connectivity index (χ0) is 32.5. The summed E-state index contributed by atoms with van der Waals surface area (Å²) in [5.74, 6) is 0. The molecule has 0 aliphatic carbocycles. The summed E-state index contributed by atoms with van der Waals surface area (Å²) in [6.07, 6.45) is 7.17. The Labute approximate surface area is 283 Å². The Kier molecular flexibility index (Phi) is 4.86. The van der Waals surface area contributed by atoms with Crippen molar-refractivity contribution in [3.05, 3.63) is 140 Å². The van der Waals surface area contributed by atoms with E-state index in [9.17, 15) is 0 Å². The summed E-state index contributed by atoms with van der Waals surface area (Å²) in [5, 5.41) is 7.79. The molecule has 0 bridgehead atoms. The van der Waals surface area contributed by atoms with Crippen molar-refractivity contribution < 1.29 is 8.83 Å². The number of para-hydroxylation sites is 2. The van der Waals surface area contributed by atoms with E-state index in [4.69, 9.17) is 13.8 Å². The van der Waals surface area contributed by atoms with E-state index in [0.717, 1.165) is 94.4 Å². The fourth-order valence-corrected chi connectivity index (χ4v) is 8.13. The molecule has 7 heteroatoms. The monoisotopic (exact) mass is 641 g/mol. The second-order valence-electron chi connectivity index (χ2n) is 12.9. The summed E-state index contributed by atoms with van der Waals surface area (Å²) in [7, 11) is 0. The first-order valence-corrected chi connectivity index (χ1v) is 16.6. The van der Waals surface area contributed by atoms with Crippen LogP contribution >= 0.6 is 0 Å². The van der Waals surface area contributed by atoms with Gasteiger partial charge in [0.25, 0.3) is 0 Å². The molecule has 6 heterocycles. The molecule has 0 unspecified atom stereocenters. The van der Waals surface area contributed by atoms with Crippen LogP contribution in [0.25, 0.3) is 93.5 Å². The molecule has 0 atom stereocenters. The summed E-state index contributed by atoms with van der Waals surface area (Å²) >= 11 is 0. The molecule has 7 nitrogen and oxygen atoms in total. The molecule has 0 spiro atoms. The van der Waals surface area contributed by atoms with Gasteiger partial charge in [-0.3, -0.25) is 9.97 Å². The molecule has 0 radical (unpaired) electrons. The predicted octanol–water partition coefficient (Wildman–Crippen LogP) is 11.4. The molecule has 12 rings (SSSR count). The molecule has 11 aromatic rings. The Bertz CT molecular complexity index is 3230. The van der Waals surface area contributed by atoms with Gasteiger partial charge in [-0.2, -0.15) is 0 Å². The molecular weight excluding hydrogens is 619 g/mol. The van der Waals surface area contributed by atoms with Gasteiger partial charge in [-0.05, 0) is 53.9 Å². The van der Waals surface area contributed by atoms with Gasteiger partial charge in [-0.25, -0.2) is 4.98 Å². The summed E-state index contributed by atoms with van der Waals surface area (Å²) in [5.41, 5.74) is 12.0. The lowest BCUT2D eigenvalue weighted by Crippen LogP contribution is -2.19. The van der Waals surface area contributed by atoms with Crippen molar-refractivity contribution in [1.29, 1.82) is 0 Å². The van der Waals surface area contributed by atoms with Gasteiger partial charge < -0.3 is 18.3 Å². The first-order chi connectivity index (χ1) is 24.8. The Morgan fingerprint density at radius 3 is 2.24 bits per heavy atom. The molecule has 5 aromatic heterocycles. The van der Waals surface area contributed by atoms with Gasteiger partial charge in [0.2, 0.25) is 0 Å². The second-order valence-corrected chi connectivity index (χ2v) is 12.9. The molecule has 0 N–H and O–H groups in total. The van der Waals surface area contributed by atoms with Crippen molar-refractivity contribution in [1.82, 2.24) is 19.5 Å². The van der Waals surface area contributed by atoms with Gasteiger partial charge in [0, 0.05) is 56.3 Å². The van der Waals surface area contributed by atoms with Crippen molar-refractivity contribution in [2.24, 2.45) is 0 Å². The number of nitrogens with zero attached hydrogens (tertiary/aromatic N) is 5. The zero-order valence-electron chi connectivity index (χ0n) is 26.3. The summed E-state index contributed by atoms with van der Waals surface area (Å²) in [4.78, 5) is 16.2. The second kappa shape index (κ2) is 9.33. The largest absolute Gasteiger partial charge is 0.456 e. The first kappa shape index (κ1) is 26.0. The highest BCUT2D eigenvalue weighted by Crippen LogP contribution is 2.55. The number of anilines is 3. The number of pyridine rings is 1. The van der Waals surface area contributed by atoms with E-state index in [1.807, 2.05) is 30.5 Å². The normalized spacial score (nSPS) is 12.8. The third-order valence-electron chi connectivity index (χ3n) is 10.3. The van der Waals surface area contributed by atoms with Crippen LogP contribution in [0, 0.1) is 0 Å². The van der Waals surface area contributed by atoms with Crippen LogP contribution in [-0.2, 0) is 0 Å². The molecule has 0 fully saturated rings. The van der Waals surface area contributed by atoms with Crippen LogP contribution in [0.5, 0.6) is 0 Å². The number of rotatable bonds is 2. The summed E-state index contributed by atoms with van der Waals surface area (Å²) in [6.45, 7) is 0. The van der Waals surface area contributed by atoms with Gasteiger partial charge >= 0.3 is 0 Å². The third-order valence-corrected chi connectivity index (χ3v) is 10.3. The fourth-order valence-electron chi connectivity index (χ4n) is 8.13. The van der Waals surface area contributed by atoms with Crippen LogP contribution in [0.1, 0.15) is 0 Å². The van der Waals surface area contributed by atoms with Crippen LogP contribution in [0.4, 0.5) is 17.1 Å². The van der Waals surface area contributed by atoms with E-state index in [2.05, 4.69) is 110 Å². The van der Waals surface area contributed by atoms with E-state index in [-0.39, 0.29) is 0 Å². The van der Waals surface area contributed by atoms with Crippen molar-refractivity contribution in [3.8, 4) is 16.9 Å². The number of fused-ring (bicyclic) bond motifs is 14. The Morgan fingerprint density at radius 2 is 1.34 bits per heavy atom.